The molecule has 0 saturated heterocycles. The molecule has 0 unspecified atom stereocenters. The van der Waals surface area contributed by atoms with Gasteiger partial charge in [-0.3, -0.25) is 4.79 Å². The summed E-state index contributed by atoms with van der Waals surface area (Å²) in [6.45, 7) is 2.88. The molecule has 56 valence electrons. The molecule has 0 heterocycles. The Morgan fingerprint density at radius 1 is 1.40 bits per heavy atom. The van der Waals surface area contributed by atoms with Crippen LogP contribution < -0.4 is 0 Å². The zero-order valence-electron chi connectivity index (χ0n) is 6.12. The summed E-state index contributed by atoms with van der Waals surface area (Å²) in [4.78, 5) is 9.63. The number of rotatable bonds is 5. The van der Waals surface area contributed by atoms with Gasteiger partial charge in [-0.2, -0.15) is 0 Å². The number of carbonyl (C=O) groups excluding carboxylic acids is 1. The van der Waals surface area contributed by atoms with Gasteiger partial charge in [0.2, 0.25) is 0 Å². The first-order valence-electron chi connectivity index (χ1n) is 3.25. The Kier molecular flexibility index (Phi) is 7.12. The van der Waals surface area contributed by atoms with Gasteiger partial charge in [-0.25, -0.2) is 0 Å². The molecule has 10 heavy (non-hydrogen) atoms. The van der Waals surface area contributed by atoms with Crippen molar-refractivity contribution in [1.82, 2.24) is 0 Å². The van der Waals surface area contributed by atoms with Crippen LogP contribution in [-0.2, 0) is 9.53 Å². The number of carbonyl (C=O) groups is 1. The molecule has 0 spiro atoms. The molecule has 2 heteroatoms. The van der Waals surface area contributed by atoms with Gasteiger partial charge in [0.25, 0.3) is 6.47 Å². The highest BCUT2D eigenvalue weighted by Crippen LogP contribution is 1.84. The molecule has 0 N–H and O–H groups in total. The third-order valence-electron chi connectivity index (χ3n) is 0.910. The fourth-order valence-corrected chi connectivity index (χ4v) is 0.470. The molecule has 0 rings (SSSR count). The molecule has 0 fully saturated rings. The Bertz CT molecular complexity index is 125. The molecule has 0 aliphatic heterocycles. The van der Waals surface area contributed by atoms with Crippen LogP contribution in [0.3, 0.4) is 0 Å². The fraction of sp³-hybridized carbons (Fsp3) is 0.375. The second-order valence-electron chi connectivity index (χ2n) is 1.71. The number of hydrogen-bond acceptors (Lipinski definition) is 2. The van der Waals surface area contributed by atoms with E-state index in [9.17, 15) is 4.79 Å². The van der Waals surface area contributed by atoms with Crippen molar-refractivity contribution in [2.75, 3.05) is 6.61 Å². The summed E-state index contributed by atoms with van der Waals surface area (Å²) in [5, 5.41) is 0. The molecule has 0 radical (unpaired) electrons. The molecule has 0 bridgehead atoms. The van der Waals surface area contributed by atoms with E-state index in [0.717, 1.165) is 6.42 Å². The zero-order chi connectivity index (χ0) is 7.66. The van der Waals surface area contributed by atoms with Crippen molar-refractivity contribution < 1.29 is 9.53 Å². The summed E-state index contributed by atoms with van der Waals surface area (Å²) in [6, 6.07) is 0. The van der Waals surface area contributed by atoms with Crippen LogP contribution in [0.4, 0.5) is 0 Å². The Morgan fingerprint density at radius 3 is 2.80 bits per heavy atom. The van der Waals surface area contributed by atoms with Crippen molar-refractivity contribution in [2.24, 2.45) is 0 Å². The van der Waals surface area contributed by atoms with Crippen LogP contribution in [0, 0.1) is 0 Å². The summed E-state index contributed by atoms with van der Waals surface area (Å²) < 4.78 is 4.46. The lowest BCUT2D eigenvalue weighted by Crippen LogP contribution is -1.87. The molecule has 0 saturated carbocycles. The maximum atomic E-state index is 9.63. The van der Waals surface area contributed by atoms with Gasteiger partial charge in [-0.15, -0.1) is 0 Å². The van der Waals surface area contributed by atoms with E-state index in [1.807, 2.05) is 31.2 Å². The fourth-order valence-electron chi connectivity index (χ4n) is 0.470. The van der Waals surface area contributed by atoms with E-state index in [0.29, 0.717) is 13.1 Å². The van der Waals surface area contributed by atoms with E-state index in [4.69, 9.17) is 0 Å². The van der Waals surface area contributed by atoms with Crippen molar-refractivity contribution in [2.45, 2.75) is 13.3 Å². The lowest BCUT2D eigenvalue weighted by Gasteiger charge is -1.89. The molecule has 0 aliphatic rings. The summed E-state index contributed by atoms with van der Waals surface area (Å²) in [6.07, 6.45) is 8.53. The Balaban J connectivity index is 3.09. The molecule has 0 aromatic rings. The number of hydrogen-bond donors (Lipinski definition) is 0. The predicted molar refractivity (Wildman–Crippen MR) is 40.6 cm³/mol. The van der Waals surface area contributed by atoms with E-state index in [1.54, 1.807) is 0 Å². The molecular weight excluding hydrogens is 128 g/mol. The molecule has 0 amide bonds. The second-order valence-corrected chi connectivity index (χ2v) is 1.71. The number of allylic oxidation sites excluding steroid dienone is 3. The topological polar surface area (TPSA) is 26.3 Å². The van der Waals surface area contributed by atoms with Crippen LogP contribution in [0.5, 0.6) is 0 Å². The average molecular weight is 140 g/mol. The minimum Gasteiger partial charge on any atom is -0.468 e. The van der Waals surface area contributed by atoms with E-state index >= 15 is 0 Å². The van der Waals surface area contributed by atoms with Crippen LogP contribution >= 0.6 is 0 Å². The molecule has 2 nitrogen and oxygen atoms in total. The lowest BCUT2D eigenvalue weighted by molar-refractivity contribution is -0.128. The molecule has 0 aliphatic carbocycles. The van der Waals surface area contributed by atoms with Gasteiger partial charge in [-0.05, 0) is 13.3 Å². The van der Waals surface area contributed by atoms with Crippen molar-refractivity contribution >= 4 is 6.47 Å². The van der Waals surface area contributed by atoms with Crippen LogP contribution in [0.1, 0.15) is 13.3 Å². The first-order chi connectivity index (χ1) is 4.91. The minimum atomic E-state index is 0.462. The Morgan fingerprint density at radius 2 is 2.20 bits per heavy atom. The second kappa shape index (κ2) is 7.95. The Hall–Kier alpha value is -1.05. The Labute approximate surface area is 61.2 Å². The van der Waals surface area contributed by atoms with Crippen LogP contribution in [0.15, 0.2) is 24.3 Å². The van der Waals surface area contributed by atoms with Gasteiger partial charge in [0.05, 0.1) is 6.61 Å². The van der Waals surface area contributed by atoms with Crippen molar-refractivity contribution in [1.29, 1.82) is 0 Å². The van der Waals surface area contributed by atoms with E-state index in [2.05, 4.69) is 4.74 Å². The van der Waals surface area contributed by atoms with Crippen LogP contribution in [0.2, 0.25) is 0 Å². The highest BCUT2D eigenvalue weighted by Gasteiger charge is 1.76. The quantitative estimate of drug-likeness (QED) is 0.330. The third-order valence-corrected chi connectivity index (χ3v) is 0.910. The molecule has 0 aromatic carbocycles. The third kappa shape index (κ3) is 6.95. The first-order valence-corrected chi connectivity index (χ1v) is 3.25. The minimum absolute atomic E-state index is 0.462. The van der Waals surface area contributed by atoms with Crippen molar-refractivity contribution in [3.05, 3.63) is 24.3 Å². The van der Waals surface area contributed by atoms with Crippen LogP contribution in [0.25, 0.3) is 0 Å². The molecule has 0 atom stereocenters. The van der Waals surface area contributed by atoms with Gasteiger partial charge in [0.1, 0.15) is 0 Å². The maximum Gasteiger partial charge on any atom is 0.293 e. The van der Waals surface area contributed by atoms with E-state index in [1.165, 1.54) is 0 Å². The summed E-state index contributed by atoms with van der Waals surface area (Å²) in [5.74, 6) is 0. The van der Waals surface area contributed by atoms with E-state index in [-0.39, 0.29) is 0 Å². The van der Waals surface area contributed by atoms with Crippen LogP contribution in [-0.4, -0.2) is 13.1 Å². The highest BCUT2D eigenvalue weighted by molar-refractivity contribution is 5.36. The molecule has 0 aromatic heterocycles. The number of ether oxygens (including phenoxy) is 1. The first kappa shape index (κ1) is 8.95. The van der Waals surface area contributed by atoms with Crippen molar-refractivity contribution in [3.63, 3.8) is 0 Å². The normalized spacial score (nSPS) is 10.9. The summed E-state index contributed by atoms with van der Waals surface area (Å²) >= 11 is 0. The molecular formula is C8H12O2. The predicted octanol–water partition coefficient (Wildman–Crippen LogP) is 1.68. The van der Waals surface area contributed by atoms with Gasteiger partial charge in [-0.1, -0.05) is 24.3 Å². The zero-order valence-corrected chi connectivity index (χ0v) is 6.12. The SMILES string of the molecule is CC=CC=CCCOC=O. The monoisotopic (exact) mass is 140 g/mol. The van der Waals surface area contributed by atoms with Gasteiger partial charge in [0.15, 0.2) is 0 Å². The van der Waals surface area contributed by atoms with Crippen molar-refractivity contribution in [3.8, 4) is 0 Å². The van der Waals surface area contributed by atoms with Gasteiger partial charge < -0.3 is 4.74 Å². The van der Waals surface area contributed by atoms with Gasteiger partial charge in [0, 0.05) is 0 Å². The summed E-state index contributed by atoms with van der Waals surface area (Å²) in [5.41, 5.74) is 0. The summed E-state index contributed by atoms with van der Waals surface area (Å²) in [7, 11) is 0. The largest absolute Gasteiger partial charge is 0.468 e. The lowest BCUT2D eigenvalue weighted by atomic mass is 10.4. The maximum absolute atomic E-state index is 9.63. The average Bonchev–Trinajstić information content (AvgIpc) is 1.97. The highest BCUT2D eigenvalue weighted by atomic mass is 16.5. The van der Waals surface area contributed by atoms with E-state index < -0.39 is 0 Å². The van der Waals surface area contributed by atoms with Gasteiger partial charge >= 0.3 is 0 Å². The smallest absolute Gasteiger partial charge is 0.293 e. The standard InChI is InChI=1S/C8H12O2/c1-2-3-4-5-6-7-10-8-9/h2-5,8H,6-7H2,1H3.